The van der Waals surface area contributed by atoms with Crippen molar-refractivity contribution in [3.63, 3.8) is 0 Å². The van der Waals surface area contributed by atoms with Crippen LogP contribution >= 0.6 is 0 Å². The molecule has 0 fully saturated rings. The van der Waals surface area contributed by atoms with Gasteiger partial charge in [-0.25, -0.2) is 4.98 Å². The molecule has 0 unspecified atom stereocenters. The van der Waals surface area contributed by atoms with E-state index in [1.807, 2.05) is 35.7 Å². The number of rotatable bonds is 2. The van der Waals surface area contributed by atoms with Crippen molar-refractivity contribution in [1.82, 2.24) is 9.38 Å². The first-order valence-electron chi connectivity index (χ1n) is 5.72. The van der Waals surface area contributed by atoms with E-state index in [2.05, 4.69) is 11.1 Å². The van der Waals surface area contributed by atoms with Crippen LogP contribution in [0.1, 0.15) is 11.3 Å². The van der Waals surface area contributed by atoms with Gasteiger partial charge in [0.05, 0.1) is 12.1 Å². The number of hydrogen-bond acceptors (Lipinski definition) is 2. The van der Waals surface area contributed by atoms with Crippen molar-refractivity contribution in [3.8, 4) is 0 Å². The molecule has 4 nitrogen and oxygen atoms in total. The first kappa shape index (κ1) is 10.8. The molecule has 3 rings (SSSR count). The maximum Gasteiger partial charge on any atom is 0.309 e. The number of imidazole rings is 1. The second-order valence-electron chi connectivity index (χ2n) is 4.44. The van der Waals surface area contributed by atoms with Crippen LogP contribution in [0.4, 0.5) is 0 Å². The Kier molecular flexibility index (Phi) is 2.30. The summed E-state index contributed by atoms with van der Waals surface area (Å²) in [4.78, 5) is 15.1. The largest absolute Gasteiger partial charge is 0.481 e. The molecule has 18 heavy (non-hydrogen) atoms. The molecule has 0 aliphatic rings. The Morgan fingerprint density at radius 3 is 3.00 bits per heavy atom. The van der Waals surface area contributed by atoms with Crippen molar-refractivity contribution in [1.29, 1.82) is 0 Å². The molecule has 0 amide bonds. The van der Waals surface area contributed by atoms with Crippen molar-refractivity contribution in [2.75, 3.05) is 0 Å². The standard InChI is InChI=1S/C14H12N2O2/c1-9-2-3-12-10(6-9)4-5-16-8-11(7-13(17)18)15-14(12)16/h2-6,8H,7H2,1H3,(H,17,18). The normalized spacial score (nSPS) is 11.2. The number of benzene rings is 1. The molecule has 1 aromatic carbocycles. The number of fused-ring (bicyclic) bond motifs is 3. The van der Waals surface area contributed by atoms with Gasteiger partial charge < -0.3 is 9.51 Å². The number of hydrogen-bond donors (Lipinski definition) is 1. The summed E-state index contributed by atoms with van der Waals surface area (Å²) in [5.74, 6) is -0.862. The highest BCUT2D eigenvalue weighted by Gasteiger charge is 2.08. The predicted molar refractivity (Wildman–Crippen MR) is 68.8 cm³/mol. The van der Waals surface area contributed by atoms with Gasteiger partial charge in [0.2, 0.25) is 0 Å². The topological polar surface area (TPSA) is 54.6 Å². The minimum Gasteiger partial charge on any atom is -0.481 e. The van der Waals surface area contributed by atoms with Crippen LogP contribution in [0.5, 0.6) is 0 Å². The summed E-state index contributed by atoms with van der Waals surface area (Å²) in [5, 5.41) is 11.0. The van der Waals surface area contributed by atoms with E-state index in [-0.39, 0.29) is 6.42 Å². The Hall–Kier alpha value is -2.36. The maximum absolute atomic E-state index is 10.7. The number of nitrogens with zero attached hydrogens (tertiary/aromatic N) is 2. The van der Waals surface area contributed by atoms with Gasteiger partial charge in [0.1, 0.15) is 5.65 Å². The fraction of sp³-hybridized carbons (Fsp3) is 0.143. The molecule has 2 heterocycles. The lowest BCUT2D eigenvalue weighted by Gasteiger charge is -2.01. The molecular weight excluding hydrogens is 228 g/mol. The second-order valence-corrected chi connectivity index (χ2v) is 4.44. The highest BCUT2D eigenvalue weighted by Crippen LogP contribution is 2.21. The summed E-state index contributed by atoms with van der Waals surface area (Å²) in [6.07, 6.45) is 3.63. The van der Waals surface area contributed by atoms with Crippen molar-refractivity contribution in [3.05, 3.63) is 47.9 Å². The van der Waals surface area contributed by atoms with Crippen LogP contribution in [0.3, 0.4) is 0 Å². The molecule has 0 saturated carbocycles. The second kappa shape index (κ2) is 3.84. The molecule has 0 spiro atoms. The Bertz CT molecular complexity index is 759. The fourth-order valence-corrected chi connectivity index (χ4v) is 2.18. The summed E-state index contributed by atoms with van der Waals surface area (Å²) >= 11 is 0. The Balaban J connectivity index is 2.26. The van der Waals surface area contributed by atoms with Gasteiger partial charge in [0, 0.05) is 17.8 Å². The van der Waals surface area contributed by atoms with Crippen LogP contribution < -0.4 is 0 Å². The minimum absolute atomic E-state index is 0.0466. The maximum atomic E-state index is 10.7. The number of aliphatic carboxylic acids is 1. The van der Waals surface area contributed by atoms with E-state index in [0.717, 1.165) is 16.4 Å². The number of aromatic nitrogens is 2. The molecule has 90 valence electrons. The average molecular weight is 240 g/mol. The van der Waals surface area contributed by atoms with Gasteiger partial charge in [0.15, 0.2) is 0 Å². The zero-order chi connectivity index (χ0) is 12.7. The Morgan fingerprint density at radius 1 is 1.39 bits per heavy atom. The molecule has 0 bridgehead atoms. The first-order valence-corrected chi connectivity index (χ1v) is 5.72. The van der Waals surface area contributed by atoms with Gasteiger partial charge in [0.25, 0.3) is 0 Å². The van der Waals surface area contributed by atoms with E-state index in [9.17, 15) is 4.79 Å². The van der Waals surface area contributed by atoms with E-state index in [4.69, 9.17) is 5.11 Å². The Labute approximate surface area is 104 Å². The molecular formula is C14H12N2O2. The van der Waals surface area contributed by atoms with Gasteiger partial charge >= 0.3 is 5.97 Å². The van der Waals surface area contributed by atoms with E-state index < -0.39 is 5.97 Å². The highest BCUT2D eigenvalue weighted by molar-refractivity contribution is 5.94. The van der Waals surface area contributed by atoms with Gasteiger partial charge in [-0.05, 0) is 18.4 Å². The van der Waals surface area contributed by atoms with Crippen molar-refractivity contribution in [2.24, 2.45) is 0 Å². The number of carboxylic acid groups (broad SMARTS) is 1. The van der Waals surface area contributed by atoms with Crippen LogP contribution in [0, 0.1) is 6.92 Å². The lowest BCUT2D eigenvalue weighted by molar-refractivity contribution is -0.136. The minimum atomic E-state index is -0.862. The quantitative estimate of drug-likeness (QED) is 0.748. The summed E-state index contributed by atoms with van der Waals surface area (Å²) in [6.45, 7) is 2.05. The average Bonchev–Trinajstić information content (AvgIpc) is 2.70. The molecule has 3 aromatic rings. The van der Waals surface area contributed by atoms with Crippen LogP contribution in [0.25, 0.3) is 16.4 Å². The van der Waals surface area contributed by atoms with Crippen LogP contribution in [-0.2, 0) is 11.2 Å². The Morgan fingerprint density at radius 2 is 2.22 bits per heavy atom. The number of pyridine rings is 1. The molecule has 2 aromatic heterocycles. The van der Waals surface area contributed by atoms with Gasteiger partial charge in [-0.2, -0.15) is 0 Å². The van der Waals surface area contributed by atoms with Crippen LogP contribution in [-0.4, -0.2) is 20.5 Å². The van der Waals surface area contributed by atoms with Gasteiger partial charge in [-0.3, -0.25) is 4.79 Å². The summed E-state index contributed by atoms with van der Waals surface area (Å²) in [7, 11) is 0. The van der Waals surface area contributed by atoms with Crippen molar-refractivity contribution in [2.45, 2.75) is 13.3 Å². The van der Waals surface area contributed by atoms with Crippen LogP contribution in [0.2, 0.25) is 0 Å². The molecule has 4 heteroatoms. The highest BCUT2D eigenvalue weighted by atomic mass is 16.4. The van der Waals surface area contributed by atoms with E-state index in [1.54, 1.807) is 6.20 Å². The number of carboxylic acids is 1. The third-order valence-corrected chi connectivity index (χ3v) is 2.98. The van der Waals surface area contributed by atoms with E-state index in [1.165, 1.54) is 5.56 Å². The molecule has 1 N–H and O–H groups in total. The van der Waals surface area contributed by atoms with Crippen molar-refractivity contribution < 1.29 is 9.90 Å². The molecule has 0 radical (unpaired) electrons. The predicted octanol–water partition coefficient (Wildman–Crippen LogP) is 2.42. The number of aryl methyl sites for hydroxylation is 1. The molecule has 0 saturated heterocycles. The summed E-state index contributed by atoms with van der Waals surface area (Å²) in [5.41, 5.74) is 2.59. The lowest BCUT2D eigenvalue weighted by Crippen LogP contribution is -1.99. The third-order valence-electron chi connectivity index (χ3n) is 2.98. The number of carbonyl (C=O) groups is 1. The SMILES string of the molecule is Cc1ccc2c(ccn3cc(CC(=O)O)nc23)c1. The zero-order valence-electron chi connectivity index (χ0n) is 9.92. The monoisotopic (exact) mass is 240 g/mol. The van der Waals surface area contributed by atoms with E-state index >= 15 is 0 Å². The summed E-state index contributed by atoms with van der Waals surface area (Å²) < 4.78 is 1.87. The van der Waals surface area contributed by atoms with Crippen molar-refractivity contribution >= 4 is 22.4 Å². The van der Waals surface area contributed by atoms with Crippen LogP contribution in [0.15, 0.2) is 36.7 Å². The molecule has 0 aliphatic carbocycles. The van der Waals surface area contributed by atoms with Gasteiger partial charge in [-0.1, -0.05) is 23.8 Å². The fourth-order valence-electron chi connectivity index (χ4n) is 2.18. The summed E-state index contributed by atoms with van der Waals surface area (Å²) in [6, 6.07) is 8.17. The lowest BCUT2D eigenvalue weighted by atomic mass is 10.1. The molecule has 0 atom stereocenters. The first-order chi connectivity index (χ1) is 8.63. The third kappa shape index (κ3) is 1.72. The van der Waals surface area contributed by atoms with Gasteiger partial charge in [-0.15, -0.1) is 0 Å². The molecule has 0 aliphatic heterocycles. The smallest absolute Gasteiger partial charge is 0.309 e. The zero-order valence-corrected chi connectivity index (χ0v) is 9.92. The van der Waals surface area contributed by atoms with E-state index in [0.29, 0.717) is 5.69 Å².